The standard InChI is InChI=1S/C27H24FN5O4S/c1-14-5-17-6-19(35-4)7-20(25(17)31-10-14)26-33-22-8-21(28)23(9-24(22)38-26)37-15(2)13-36-27(34)32-18-11-29-16(3)30-12-18/h5-12,15H,13H2,1-4H3,(H,32,34)/t15-/m0/s1. The molecule has 2 aromatic carbocycles. The molecule has 0 aliphatic heterocycles. The molecule has 38 heavy (non-hydrogen) atoms. The summed E-state index contributed by atoms with van der Waals surface area (Å²) in [5, 5.41) is 4.15. The van der Waals surface area contributed by atoms with Crippen LogP contribution < -0.4 is 14.8 Å². The molecule has 1 amide bonds. The summed E-state index contributed by atoms with van der Waals surface area (Å²) in [7, 11) is 1.61. The van der Waals surface area contributed by atoms with Crippen molar-refractivity contribution in [1.82, 2.24) is 19.9 Å². The molecule has 0 saturated heterocycles. The summed E-state index contributed by atoms with van der Waals surface area (Å²) in [6.45, 7) is 5.30. The smallest absolute Gasteiger partial charge is 0.411 e. The van der Waals surface area contributed by atoms with Gasteiger partial charge in [-0.2, -0.15) is 0 Å². The Labute approximate surface area is 221 Å². The van der Waals surface area contributed by atoms with Crippen molar-refractivity contribution < 1.29 is 23.4 Å². The van der Waals surface area contributed by atoms with Gasteiger partial charge >= 0.3 is 6.09 Å². The monoisotopic (exact) mass is 533 g/mol. The number of aromatic nitrogens is 4. The number of anilines is 1. The fraction of sp³-hybridized carbons (Fsp3) is 0.222. The lowest BCUT2D eigenvalue weighted by atomic mass is 10.1. The van der Waals surface area contributed by atoms with Gasteiger partial charge in [-0.15, -0.1) is 11.3 Å². The normalized spacial score (nSPS) is 11.9. The second-order valence-corrected chi connectivity index (χ2v) is 9.73. The van der Waals surface area contributed by atoms with Crippen LogP contribution in [-0.4, -0.2) is 45.8 Å². The number of hydrogen-bond donors (Lipinski definition) is 1. The second kappa shape index (κ2) is 10.5. The fourth-order valence-electron chi connectivity index (χ4n) is 3.80. The zero-order valence-corrected chi connectivity index (χ0v) is 21.9. The fourth-order valence-corrected chi connectivity index (χ4v) is 4.80. The lowest BCUT2D eigenvalue weighted by Crippen LogP contribution is -2.24. The van der Waals surface area contributed by atoms with E-state index in [4.69, 9.17) is 14.2 Å². The van der Waals surface area contributed by atoms with Gasteiger partial charge in [0.1, 0.15) is 29.3 Å². The van der Waals surface area contributed by atoms with E-state index in [-0.39, 0.29) is 12.4 Å². The SMILES string of the molecule is COc1cc(-c2nc3cc(F)c(O[C@@H](C)COC(=O)Nc4cnc(C)nc4)cc3s2)c2ncc(C)cc2c1. The quantitative estimate of drug-likeness (QED) is 0.268. The highest BCUT2D eigenvalue weighted by Crippen LogP contribution is 2.38. The molecule has 5 aromatic rings. The Morgan fingerprint density at radius 3 is 2.63 bits per heavy atom. The number of ether oxygens (including phenoxy) is 3. The van der Waals surface area contributed by atoms with E-state index in [2.05, 4.69) is 25.3 Å². The molecular formula is C27H24FN5O4S. The molecule has 194 valence electrons. The van der Waals surface area contributed by atoms with Gasteiger partial charge in [0.05, 0.1) is 40.9 Å². The predicted octanol–water partition coefficient (Wildman–Crippen LogP) is 6.08. The van der Waals surface area contributed by atoms with Gasteiger partial charge in [-0.05, 0) is 44.5 Å². The number of carbonyl (C=O) groups excluding carboxylic acids is 1. The maximum atomic E-state index is 14.9. The van der Waals surface area contributed by atoms with Gasteiger partial charge in [-0.1, -0.05) is 0 Å². The van der Waals surface area contributed by atoms with E-state index in [1.54, 1.807) is 33.2 Å². The third-order valence-corrected chi connectivity index (χ3v) is 6.66. The summed E-state index contributed by atoms with van der Waals surface area (Å²) in [5.41, 5.74) is 3.52. The van der Waals surface area contributed by atoms with E-state index in [1.807, 2.05) is 25.1 Å². The summed E-state index contributed by atoms with van der Waals surface area (Å²) < 4.78 is 32.1. The van der Waals surface area contributed by atoms with Crippen LogP contribution in [-0.2, 0) is 4.74 Å². The molecule has 0 bridgehead atoms. The number of aryl methyl sites for hydroxylation is 2. The largest absolute Gasteiger partial charge is 0.497 e. The zero-order valence-electron chi connectivity index (χ0n) is 21.1. The molecule has 0 unspecified atom stereocenters. The highest BCUT2D eigenvalue weighted by Gasteiger charge is 2.17. The summed E-state index contributed by atoms with van der Waals surface area (Å²) >= 11 is 1.40. The third kappa shape index (κ3) is 5.47. The molecule has 5 rings (SSSR count). The van der Waals surface area contributed by atoms with Crippen LogP contribution in [0.3, 0.4) is 0 Å². The number of nitrogens with zero attached hydrogens (tertiary/aromatic N) is 4. The molecule has 1 N–H and O–H groups in total. The van der Waals surface area contributed by atoms with Crippen molar-refractivity contribution in [2.75, 3.05) is 19.0 Å². The maximum Gasteiger partial charge on any atom is 0.411 e. The van der Waals surface area contributed by atoms with Crippen LogP contribution in [0.1, 0.15) is 18.3 Å². The minimum Gasteiger partial charge on any atom is -0.497 e. The number of rotatable bonds is 7. The first-order valence-corrected chi connectivity index (χ1v) is 12.5. The number of fused-ring (bicyclic) bond motifs is 2. The number of carbonyl (C=O) groups is 1. The highest BCUT2D eigenvalue weighted by atomic mass is 32.1. The van der Waals surface area contributed by atoms with Crippen molar-refractivity contribution in [3.8, 4) is 22.1 Å². The maximum absolute atomic E-state index is 14.9. The van der Waals surface area contributed by atoms with Crippen molar-refractivity contribution in [3.63, 3.8) is 0 Å². The number of amides is 1. The van der Waals surface area contributed by atoms with Crippen LogP contribution in [0.5, 0.6) is 11.5 Å². The van der Waals surface area contributed by atoms with E-state index in [1.165, 1.54) is 29.8 Å². The van der Waals surface area contributed by atoms with Crippen molar-refractivity contribution in [2.45, 2.75) is 26.9 Å². The van der Waals surface area contributed by atoms with Crippen molar-refractivity contribution in [1.29, 1.82) is 0 Å². The molecule has 0 aliphatic rings. The molecule has 0 saturated carbocycles. The molecule has 0 spiro atoms. The van der Waals surface area contributed by atoms with Gasteiger partial charge in [0.25, 0.3) is 0 Å². The molecule has 0 radical (unpaired) electrons. The number of benzene rings is 2. The number of hydrogen-bond acceptors (Lipinski definition) is 9. The van der Waals surface area contributed by atoms with Gasteiger partial charge in [-0.3, -0.25) is 10.3 Å². The van der Waals surface area contributed by atoms with Crippen LogP contribution >= 0.6 is 11.3 Å². The van der Waals surface area contributed by atoms with Crippen LogP contribution in [0.4, 0.5) is 14.9 Å². The van der Waals surface area contributed by atoms with Gasteiger partial charge < -0.3 is 14.2 Å². The third-order valence-electron chi connectivity index (χ3n) is 5.61. The van der Waals surface area contributed by atoms with E-state index >= 15 is 0 Å². The van der Waals surface area contributed by atoms with Crippen LogP contribution in [0.15, 0.2) is 48.9 Å². The average molecular weight is 534 g/mol. The van der Waals surface area contributed by atoms with Gasteiger partial charge in [0.2, 0.25) is 0 Å². The first kappa shape index (κ1) is 25.3. The molecular weight excluding hydrogens is 509 g/mol. The number of pyridine rings is 1. The Balaban J connectivity index is 1.33. The minimum atomic E-state index is -0.690. The van der Waals surface area contributed by atoms with Crippen LogP contribution in [0, 0.1) is 19.7 Å². The van der Waals surface area contributed by atoms with Crippen LogP contribution in [0.2, 0.25) is 0 Å². The lowest BCUT2D eigenvalue weighted by molar-refractivity contribution is 0.0969. The van der Waals surface area contributed by atoms with E-state index in [0.717, 1.165) is 26.7 Å². The molecule has 9 nitrogen and oxygen atoms in total. The summed E-state index contributed by atoms with van der Waals surface area (Å²) in [6.07, 6.45) is 3.45. The number of nitrogens with one attached hydrogen (secondary N) is 1. The number of thiazole rings is 1. The second-order valence-electron chi connectivity index (χ2n) is 8.70. The molecule has 0 fully saturated rings. The van der Waals surface area contributed by atoms with Crippen molar-refractivity contribution in [2.24, 2.45) is 0 Å². The first-order valence-electron chi connectivity index (χ1n) is 11.7. The molecule has 3 heterocycles. The summed E-state index contributed by atoms with van der Waals surface area (Å²) in [5.74, 6) is 0.746. The van der Waals surface area contributed by atoms with Gasteiger partial charge in [0.15, 0.2) is 11.6 Å². The minimum absolute atomic E-state index is 0.0420. The van der Waals surface area contributed by atoms with Crippen molar-refractivity contribution >= 4 is 44.2 Å². The Morgan fingerprint density at radius 2 is 1.87 bits per heavy atom. The van der Waals surface area contributed by atoms with Gasteiger partial charge in [0, 0.05) is 29.3 Å². The molecule has 3 aromatic heterocycles. The Kier molecular flexibility index (Phi) is 7.01. The van der Waals surface area contributed by atoms with E-state index in [9.17, 15) is 9.18 Å². The number of methoxy groups -OCH3 is 1. The van der Waals surface area contributed by atoms with E-state index in [0.29, 0.717) is 27.8 Å². The summed E-state index contributed by atoms with van der Waals surface area (Å²) in [4.78, 5) is 29.3. The van der Waals surface area contributed by atoms with Gasteiger partial charge in [-0.25, -0.2) is 24.1 Å². The Hall–Kier alpha value is -4.38. The molecule has 0 aliphatic carbocycles. The molecule has 11 heteroatoms. The highest BCUT2D eigenvalue weighted by molar-refractivity contribution is 7.21. The molecule has 1 atom stereocenters. The Morgan fingerprint density at radius 1 is 1.08 bits per heavy atom. The predicted molar refractivity (Wildman–Crippen MR) is 143 cm³/mol. The summed E-state index contributed by atoms with van der Waals surface area (Å²) in [6, 6.07) is 8.78. The van der Waals surface area contributed by atoms with Crippen molar-refractivity contribution in [3.05, 3.63) is 66.1 Å². The average Bonchev–Trinajstić information content (AvgIpc) is 3.30. The number of halogens is 1. The topological polar surface area (TPSA) is 108 Å². The van der Waals surface area contributed by atoms with E-state index < -0.39 is 18.0 Å². The zero-order chi connectivity index (χ0) is 26.8. The Bertz CT molecular complexity index is 1640. The first-order chi connectivity index (χ1) is 18.3. The lowest BCUT2D eigenvalue weighted by Gasteiger charge is -2.15. The van der Waals surface area contributed by atoms with Crippen LogP contribution in [0.25, 0.3) is 31.7 Å².